The maximum Gasteiger partial charge on any atom is 0.267 e. The van der Waals surface area contributed by atoms with Gasteiger partial charge in [0.05, 0.1) is 6.33 Å². The predicted molar refractivity (Wildman–Crippen MR) is 63.1 cm³/mol. The smallest absolute Gasteiger partial charge is 0.267 e. The average molecular weight is 272 g/mol. The molecule has 0 amide bonds. The third kappa shape index (κ3) is 1.93. The Morgan fingerprint density at radius 2 is 2.07 bits per heavy atom. The summed E-state index contributed by atoms with van der Waals surface area (Å²) in [6.07, 6.45) is 1.45. The minimum absolute atomic E-state index is 0.118. The van der Waals surface area contributed by atoms with E-state index >= 15 is 0 Å². The van der Waals surface area contributed by atoms with Gasteiger partial charge in [-0.05, 0) is 27.8 Å². The second-order valence-corrected chi connectivity index (χ2v) is 5.02. The maximum atomic E-state index is 11.4. The SMILES string of the molecule is CC1CN(c2nc[nH]c(=O)c2Br)CC1C. The second-order valence-electron chi connectivity index (χ2n) is 4.23. The van der Waals surface area contributed by atoms with Crippen LogP contribution in [0.15, 0.2) is 15.6 Å². The fourth-order valence-corrected chi connectivity index (χ4v) is 2.36. The van der Waals surface area contributed by atoms with Crippen LogP contribution in [0.25, 0.3) is 0 Å². The van der Waals surface area contributed by atoms with E-state index in [-0.39, 0.29) is 5.56 Å². The molecule has 0 radical (unpaired) electrons. The van der Waals surface area contributed by atoms with Gasteiger partial charge in [-0.2, -0.15) is 0 Å². The molecule has 0 bridgehead atoms. The average Bonchev–Trinajstić information content (AvgIpc) is 2.51. The highest BCUT2D eigenvalue weighted by Gasteiger charge is 2.28. The van der Waals surface area contributed by atoms with Crippen molar-refractivity contribution < 1.29 is 0 Å². The predicted octanol–water partition coefficient (Wildman–Crippen LogP) is 1.62. The molecule has 4 nitrogen and oxygen atoms in total. The van der Waals surface area contributed by atoms with Crippen molar-refractivity contribution in [1.82, 2.24) is 9.97 Å². The van der Waals surface area contributed by atoms with E-state index in [2.05, 4.69) is 44.6 Å². The topological polar surface area (TPSA) is 49.0 Å². The first-order valence-corrected chi connectivity index (χ1v) is 5.87. The molecule has 0 saturated carbocycles. The molecule has 1 N–H and O–H groups in total. The highest BCUT2D eigenvalue weighted by molar-refractivity contribution is 9.10. The molecular weight excluding hydrogens is 258 g/mol. The first kappa shape index (κ1) is 10.7. The summed E-state index contributed by atoms with van der Waals surface area (Å²) in [5.41, 5.74) is -0.118. The van der Waals surface area contributed by atoms with Crippen LogP contribution in [0.3, 0.4) is 0 Å². The molecule has 0 aliphatic carbocycles. The Kier molecular flexibility index (Phi) is 2.82. The molecule has 0 spiro atoms. The lowest BCUT2D eigenvalue weighted by Crippen LogP contribution is -2.24. The van der Waals surface area contributed by atoms with Crippen molar-refractivity contribution in [3.63, 3.8) is 0 Å². The zero-order chi connectivity index (χ0) is 11.0. The van der Waals surface area contributed by atoms with Crippen molar-refractivity contribution in [3.05, 3.63) is 21.2 Å². The number of hydrogen-bond acceptors (Lipinski definition) is 3. The van der Waals surface area contributed by atoms with Gasteiger partial charge < -0.3 is 9.88 Å². The quantitative estimate of drug-likeness (QED) is 0.845. The van der Waals surface area contributed by atoms with E-state index in [1.54, 1.807) is 0 Å². The molecule has 1 aromatic heterocycles. The molecule has 1 aromatic rings. The van der Waals surface area contributed by atoms with Crippen LogP contribution in [-0.4, -0.2) is 23.1 Å². The number of rotatable bonds is 1. The number of nitrogens with zero attached hydrogens (tertiary/aromatic N) is 2. The summed E-state index contributed by atoms with van der Waals surface area (Å²) in [6, 6.07) is 0. The van der Waals surface area contributed by atoms with Crippen LogP contribution in [-0.2, 0) is 0 Å². The fraction of sp³-hybridized carbons (Fsp3) is 0.600. The normalized spacial score (nSPS) is 25.9. The molecule has 1 fully saturated rings. The van der Waals surface area contributed by atoms with E-state index in [1.165, 1.54) is 6.33 Å². The number of nitrogens with one attached hydrogen (secondary N) is 1. The van der Waals surface area contributed by atoms with Crippen molar-refractivity contribution in [3.8, 4) is 0 Å². The summed E-state index contributed by atoms with van der Waals surface area (Å²) in [4.78, 5) is 20.3. The Morgan fingerprint density at radius 1 is 1.47 bits per heavy atom. The second kappa shape index (κ2) is 3.96. The van der Waals surface area contributed by atoms with Crippen LogP contribution in [0.4, 0.5) is 5.82 Å². The molecule has 1 saturated heterocycles. The van der Waals surface area contributed by atoms with Crippen LogP contribution in [0.1, 0.15) is 13.8 Å². The van der Waals surface area contributed by atoms with Gasteiger partial charge in [0.15, 0.2) is 0 Å². The molecule has 82 valence electrons. The summed E-state index contributed by atoms with van der Waals surface area (Å²) < 4.78 is 0.534. The largest absolute Gasteiger partial charge is 0.355 e. The van der Waals surface area contributed by atoms with Gasteiger partial charge in [-0.25, -0.2) is 4.98 Å². The van der Waals surface area contributed by atoms with E-state index in [0.717, 1.165) is 18.9 Å². The number of H-pyrrole nitrogens is 1. The Labute approximate surface area is 96.8 Å². The number of halogens is 1. The van der Waals surface area contributed by atoms with Crippen molar-refractivity contribution in [2.45, 2.75) is 13.8 Å². The van der Waals surface area contributed by atoms with Crippen LogP contribution in [0.5, 0.6) is 0 Å². The third-order valence-corrected chi connectivity index (χ3v) is 3.78. The van der Waals surface area contributed by atoms with Gasteiger partial charge >= 0.3 is 0 Å². The number of aromatic nitrogens is 2. The van der Waals surface area contributed by atoms with Crippen LogP contribution in [0, 0.1) is 11.8 Å². The van der Waals surface area contributed by atoms with Gasteiger partial charge in [0.2, 0.25) is 0 Å². The number of aromatic amines is 1. The lowest BCUT2D eigenvalue weighted by molar-refractivity contribution is 0.494. The van der Waals surface area contributed by atoms with Crippen LogP contribution in [0.2, 0.25) is 0 Å². The van der Waals surface area contributed by atoms with Gasteiger partial charge in [-0.3, -0.25) is 4.79 Å². The molecule has 0 aromatic carbocycles. The van der Waals surface area contributed by atoms with E-state index < -0.39 is 0 Å². The number of anilines is 1. The van der Waals surface area contributed by atoms with Crippen molar-refractivity contribution >= 4 is 21.7 Å². The Bertz CT molecular complexity index is 407. The minimum Gasteiger partial charge on any atom is -0.355 e. The van der Waals surface area contributed by atoms with E-state index in [9.17, 15) is 4.79 Å². The highest BCUT2D eigenvalue weighted by Crippen LogP contribution is 2.28. The summed E-state index contributed by atoms with van der Waals surface area (Å²) in [5, 5.41) is 0. The molecular formula is C10H14BrN3O. The molecule has 1 aliphatic heterocycles. The van der Waals surface area contributed by atoms with E-state index in [4.69, 9.17) is 0 Å². The summed E-state index contributed by atoms with van der Waals surface area (Å²) in [6.45, 7) is 6.39. The molecule has 15 heavy (non-hydrogen) atoms. The van der Waals surface area contributed by atoms with E-state index in [0.29, 0.717) is 16.3 Å². The first-order valence-electron chi connectivity index (χ1n) is 5.07. The molecule has 2 heterocycles. The van der Waals surface area contributed by atoms with Gasteiger partial charge in [0, 0.05) is 13.1 Å². The summed E-state index contributed by atoms with van der Waals surface area (Å²) in [7, 11) is 0. The lowest BCUT2D eigenvalue weighted by atomic mass is 10.0. The molecule has 2 rings (SSSR count). The minimum atomic E-state index is -0.118. The monoisotopic (exact) mass is 271 g/mol. The van der Waals surface area contributed by atoms with Crippen molar-refractivity contribution in [2.24, 2.45) is 11.8 Å². The Morgan fingerprint density at radius 3 is 2.67 bits per heavy atom. The summed E-state index contributed by atoms with van der Waals surface area (Å²) >= 11 is 3.28. The Balaban J connectivity index is 2.32. The van der Waals surface area contributed by atoms with E-state index in [1.807, 2.05) is 0 Å². The highest BCUT2D eigenvalue weighted by atomic mass is 79.9. The zero-order valence-corrected chi connectivity index (χ0v) is 10.4. The molecule has 5 heteroatoms. The molecule has 2 atom stereocenters. The van der Waals surface area contributed by atoms with Crippen molar-refractivity contribution in [2.75, 3.05) is 18.0 Å². The van der Waals surface area contributed by atoms with Crippen LogP contribution >= 0.6 is 15.9 Å². The van der Waals surface area contributed by atoms with Gasteiger partial charge in [-0.15, -0.1) is 0 Å². The van der Waals surface area contributed by atoms with Gasteiger partial charge in [-0.1, -0.05) is 13.8 Å². The molecule has 1 aliphatic rings. The van der Waals surface area contributed by atoms with Crippen molar-refractivity contribution in [1.29, 1.82) is 0 Å². The van der Waals surface area contributed by atoms with Gasteiger partial charge in [0.25, 0.3) is 5.56 Å². The number of hydrogen-bond donors (Lipinski definition) is 1. The third-order valence-electron chi connectivity index (χ3n) is 3.07. The van der Waals surface area contributed by atoms with Crippen LogP contribution < -0.4 is 10.5 Å². The first-order chi connectivity index (χ1) is 7.09. The lowest BCUT2D eigenvalue weighted by Gasteiger charge is -2.17. The van der Waals surface area contributed by atoms with Gasteiger partial charge in [0.1, 0.15) is 10.3 Å². The zero-order valence-electron chi connectivity index (χ0n) is 8.83. The standard InChI is InChI=1S/C10H14BrN3O/c1-6-3-14(4-7(6)2)9-8(11)10(15)13-5-12-9/h5-7H,3-4H2,1-2H3,(H,12,13,15). The summed E-state index contributed by atoms with van der Waals surface area (Å²) in [5.74, 6) is 2.06. The molecule has 2 unspecified atom stereocenters. The Hall–Kier alpha value is -0.840. The maximum absolute atomic E-state index is 11.4. The fourth-order valence-electron chi connectivity index (χ4n) is 1.90.